The highest BCUT2D eigenvalue weighted by molar-refractivity contribution is 5.87. The van der Waals surface area contributed by atoms with Crippen LogP contribution in [0, 0.1) is 24.2 Å². The van der Waals surface area contributed by atoms with Gasteiger partial charge >= 0.3 is 0 Å². The zero-order valence-electron chi connectivity index (χ0n) is 18.0. The van der Waals surface area contributed by atoms with E-state index >= 15 is 0 Å². The highest BCUT2D eigenvalue weighted by atomic mass is 16.5. The summed E-state index contributed by atoms with van der Waals surface area (Å²) in [6, 6.07) is 12.3. The van der Waals surface area contributed by atoms with Crippen LogP contribution in [0.3, 0.4) is 0 Å². The quantitative estimate of drug-likeness (QED) is 0.761. The van der Waals surface area contributed by atoms with Gasteiger partial charge in [0.25, 0.3) is 0 Å². The van der Waals surface area contributed by atoms with Crippen molar-refractivity contribution < 1.29 is 9.53 Å². The second-order valence-electron chi connectivity index (χ2n) is 9.48. The van der Waals surface area contributed by atoms with E-state index in [9.17, 15) is 4.79 Å². The van der Waals surface area contributed by atoms with E-state index in [-0.39, 0.29) is 5.41 Å². The maximum atomic E-state index is 13.8. The number of rotatable bonds is 5. The van der Waals surface area contributed by atoms with E-state index in [0.29, 0.717) is 5.91 Å². The maximum absolute atomic E-state index is 13.8. The van der Waals surface area contributed by atoms with Gasteiger partial charge in [0, 0.05) is 43.8 Å². The lowest BCUT2D eigenvalue weighted by atomic mass is 9.73. The SMILES string of the molecule is COc1cccc(CC2(C(=O)N3C[C@H]4CCC[C@H]4C3)CN(c3ccnc(C)c3)C2)c1. The van der Waals surface area contributed by atoms with Crippen molar-refractivity contribution in [1.29, 1.82) is 0 Å². The number of hydrogen-bond acceptors (Lipinski definition) is 4. The summed E-state index contributed by atoms with van der Waals surface area (Å²) >= 11 is 0. The Labute approximate surface area is 179 Å². The van der Waals surface area contributed by atoms with Crippen molar-refractivity contribution in [3.63, 3.8) is 0 Å². The Morgan fingerprint density at radius 3 is 2.63 bits per heavy atom. The van der Waals surface area contributed by atoms with E-state index in [1.807, 2.05) is 31.3 Å². The smallest absolute Gasteiger partial charge is 0.232 e. The van der Waals surface area contributed by atoms with E-state index in [0.717, 1.165) is 61.6 Å². The Morgan fingerprint density at radius 2 is 1.93 bits per heavy atom. The lowest BCUT2D eigenvalue weighted by Gasteiger charge is -2.51. The average Bonchev–Trinajstić information content (AvgIpc) is 3.32. The zero-order chi connectivity index (χ0) is 20.7. The number of methoxy groups -OCH3 is 1. The number of carbonyl (C=O) groups is 1. The number of pyridine rings is 1. The zero-order valence-corrected chi connectivity index (χ0v) is 18.0. The molecule has 1 saturated carbocycles. The monoisotopic (exact) mass is 405 g/mol. The molecule has 1 amide bonds. The summed E-state index contributed by atoms with van der Waals surface area (Å²) in [6.07, 6.45) is 6.53. The molecule has 5 rings (SSSR count). The molecule has 0 spiro atoms. The predicted octanol–water partition coefficient (Wildman–Crippen LogP) is 3.71. The second-order valence-corrected chi connectivity index (χ2v) is 9.48. The van der Waals surface area contributed by atoms with Crippen LogP contribution in [0.25, 0.3) is 0 Å². The third kappa shape index (κ3) is 3.44. The van der Waals surface area contributed by atoms with Gasteiger partial charge in [-0.1, -0.05) is 18.6 Å². The minimum atomic E-state index is -0.359. The standard InChI is InChI=1S/C25H31N3O2/c1-18-11-22(9-10-26-18)28-16-25(17-28,13-19-5-3-8-23(12-19)30-2)24(29)27-14-20-6-4-7-21(20)15-27/h3,5,8-12,20-21H,4,6-7,13-17H2,1-2H3/t20-,21+. The van der Waals surface area contributed by atoms with Crippen LogP contribution in [0.5, 0.6) is 5.75 Å². The molecule has 3 fully saturated rings. The summed E-state index contributed by atoms with van der Waals surface area (Å²) in [5, 5.41) is 0. The highest BCUT2D eigenvalue weighted by Crippen LogP contribution is 2.43. The maximum Gasteiger partial charge on any atom is 0.232 e. The number of carbonyl (C=O) groups excluding carboxylic acids is 1. The van der Waals surface area contributed by atoms with Crippen LogP contribution in [0.15, 0.2) is 42.6 Å². The largest absolute Gasteiger partial charge is 0.497 e. The molecule has 2 atom stereocenters. The van der Waals surface area contributed by atoms with Crippen LogP contribution >= 0.6 is 0 Å². The minimum absolute atomic E-state index is 0.349. The molecule has 2 aliphatic heterocycles. The van der Waals surface area contributed by atoms with Gasteiger partial charge in [0.05, 0.1) is 12.5 Å². The Morgan fingerprint density at radius 1 is 1.17 bits per heavy atom. The molecule has 0 unspecified atom stereocenters. The molecule has 30 heavy (non-hydrogen) atoms. The lowest BCUT2D eigenvalue weighted by molar-refractivity contribution is -0.143. The van der Waals surface area contributed by atoms with Gasteiger partial charge < -0.3 is 14.5 Å². The normalized spacial score (nSPS) is 24.5. The van der Waals surface area contributed by atoms with Gasteiger partial charge in [-0.2, -0.15) is 0 Å². The number of likely N-dealkylation sites (tertiary alicyclic amines) is 1. The Bertz CT molecular complexity index is 925. The van der Waals surface area contributed by atoms with Crippen LogP contribution in [-0.2, 0) is 11.2 Å². The summed E-state index contributed by atoms with van der Waals surface area (Å²) in [5.74, 6) is 2.65. The number of fused-ring (bicyclic) bond motifs is 1. The minimum Gasteiger partial charge on any atom is -0.497 e. The first-order valence-corrected chi connectivity index (χ1v) is 11.2. The van der Waals surface area contributed by atoms with Crippen molar-refractivity contribution in [1.82, 2.24) is 9.88 Å². The number of aromatic nitrogens is 1. The molecule has 3 aliphatic rings. The number of anilines is 1. The van der Waals surface area contributed by atoms with E-state index < -0.39 is 0 Å². The topological polar surface area (TPSA) is 45.7 Å². The van der Waals surface area contributed by atoms with E-state index in [1.54, 1.807) is 7.11 Å². The molecule has 0 radical (unpaired) electrons. The van der Waals surface area contributed by atoms with Crippen LogP contribution in [0.1, 0.15) is 30.5 Å². The number of nitrogens with zero attached hydrogens (tertiary/aromatic N) is 3. The van der Waals surface area contributed by atoms with Crippen LogP contribution in [0.4, 0.5) is 5.69 Å². The molecule has 0 bridgehead atoms. The first kappa shape index (κ1) is 19.4. The van der Waals surface area contributed by atoms with Gasteiger partial charge in [-0.25, -0.2) is 0 Å². The number of ether oxygens (including phenoxy) is 1. The van der Waals surface area contributed by atoms with Crippen molar-refractivity contribution in [3.8, 4) is 5.75 Å². The number of aryl methyl sites for hydroxylation is 1. The van der Waals surface area contributed by atoms with Crippen molar-refractivity contribution in [3.05, 3.63) is 53.9 Å². The molecule has 1 aromatic heterocycles. The molecule has 2 saturated heterocycles. The van der Waals surface area contributed by atoms with E-state index in [1.165, 1.54) is 24.8 Å². The van der Waals surface area contributed by atoms with Crippen molar-refractivity contribution in [2.24, 2.45) is 17.3 Å². The fourth-order valence-electron chi connectivity index (χ4n) is 5.83. The Balaban J connectivity index is 1.39. The summed E-state index contributed by atoms with van der Waals surface area (Å²) in [5.41, 5.74) is 2.99. The van der Waals surface area contributed by atoms with Gasteiger partial charge in [-0.3, -0.25) is 9.78 Å². The fraction of sp³-hybridized carbons (Fsp3) is 0.520. The van der Waals surface area contributed by atoms with E-state index in [2.05, 4.69) is 33.0 Å². The summed E-state index contributed by atoms with van der Waals surface area (Å²) in [4.78, 5) is 22.7. The molecule has 5 heteroatoms. The first-order chi connectivity index (χ1) is 14.6. The van der Waals surface area contributed by atoms with Gasteiger partial charge in [-0.15, -0.1) is 0 Å². The molecule has 0 N–H and O–H groups in total. The van der Waals surface area contributed by atoms with Gasteiger partial charge in [0.1, 0.15) is 5.75 Å². The Kier molecular flexibility index (Phi) is 4.92. The lowest BCUT2D eigenvalue weighted by Crippen LogP contribution is -2.65. The first-order valence-electron chi connectivity index (χ1n) is 11.2. The van der Waals surface area contributed by atoms with Crippen LogP contribution in [-0.4, -0.2) is 49.1 Å². The van der Waals surface area contributed by atoms with Gasteiger partial charge in [0.15, 0.2) is 0 Å². The van der Waals surface area contributed by atoms with Crippen molar-refractivity contribution in [2.75, 3.05) is 38.2 Å². The third-order valence-electron chi connectivity index (χ3n) is 7.38. The molecule has 2 aromatic rings. The average molecular weight is 406 g/mol. The molecule has 158 valence electrons. The number of amides is 1. The highest BCUT2D eigenvalue weighted by Gasteiger charge is 2.53. The van der Waals surface area contributed by atoms with Gasteiger partial charge in [-0.05, 0) is 67.9 Å². The molecule has 1 aromatic carbocycles. The molecular formula is C25H31N3O2. The third-order valence-corrected chi connectivity index (χ3v) is 7.38. The van der Waals surface area contributed by atoms with Crippen molar-refractivity contribution in [2.45, 2.75) is 32.6 Å². The van der Waals surface area contributed by atoms with Crippen molar-refractivity contribution >= 4 is 11.6 Å². The number of benzene rings is 1. The van der Waals surface area contributed by atoms with Crippen LogP contribution in [0.2, 0.25) is 0 Å². The number of hydrogen-bond donors (Lipinski definition) is 0. The molecule has 3 heterocycles. The van der Waals surface area contributed by atoms with Crippen LogP contribution < -0.4 is 9.64 Å². The summed E-state index contributed by atoms with van der Waals surface area (Å²) < 4.78 is 5.42. The Hall–Kier alpha value is -2.56. The second kappa shape index (κ2) is 7.60. The molecular weight excluding hydrogens is 374 g/mol. The summed E-state index contributed by atoms with van der Waals surface area (Å²) in [6.45, 7) is 5.45. The summed E-state index contributed by atoms with van der Waals surface area (Å²) in [7, 11) is 1.69. The van der Waals surface area contributed by atoms with Gasteiger partial charge in [0.2, 0.25) is 5.91 Å². The fourth-order valence-corrected chi connectivity index (χ4v) is 5.83. The predicted molar refractivity (Wildman–Crippen MR) is 118 cm³/mol. The molecule has 1 aliphatic carbocycles. The molecule has 5 nitrogen and oxygen atoms in total. The van der Waals surface area contributed by atoms with E-state index in [4.69, 9.17) is 4.74 Å².